The third kappa shape index (κ3) is 3.77. The normalized spacial score (nSPS) is 15.4. The van der Waals surface area contributed by atoms with Crippen LogP contribution in [0.15, 0.2) is 94.7 Å². The Morgan fingerprint density at radius 2 is 0.971 bits per heavy atom. The molecule has 5 rings (SSSR count). The molecule has 1 aliphatic rings. The second-order valence-corrected chi connectivity index (χ2v) is 11.0. The molecule has 4 aromatic carbocycles. The van der Waals surface area contributed by atoms with Gasteiger partial charge in [0.25, 0.3) is 0 Å². The van der Waals surface area contributed by atoms with Crippen LogP contribution >= 0.6 is 25.3 Å². The van der Waals surface area contributed by atoms with E-state index in [0.29, 0.717) is 11.8 Å². The van der Waals surface area contributed by atoms with Crippen LogP contribution in [0.5, 0.6) is 0 Å². The van der Waals surface area contributed by atoms with Crippen LogP contribution in [0.2, 0.25) is 0 Å². The summed E-state index contributed by atoms with van der Waals surface area (Å²) >= 11 is 9.55. The fourth-order valence-electron chi connectivity index (χ4n) is 6.00. The Morgan fingerprint density at radius 3 is 1.37 bits per heavy atom. The highest BCUT2D eigenvalue weighted by atomic mass is 32.1. The molecule has 1 aliphatic carbocycles. The van der Waals surface area contributed by atoms with Gasteiger partial charge in [0.1, 0.15) is 0 Å². The van der Waals surface area contributed by atoms with Gasteiger partial charge in [-0.25, -0.2) is 0 Å². The Morgan fingerprint density at radius 1 is 0.571 bits per heavy atom. The molecular weight excluding hydrogens is 460 g/mol. The molecule has 4 aromatic rings. The quantitative estimate of drug-likeness (QED) is 0.216. The number of rotatable bonds is 6. The minimum Gasteiger partial charge on any atom is -0.143 e. The van der Waals surface area contributed by atoms with E-state index in [1.54, 1.807) is 0 Å². The van der Waals surface area contributed by atoms with Crippen molar-refractivity contribution in [3.8, 4) is 11.1 Å². The average Bonchev–Trinajstić information content (AvgIpc) is 3.19. The van der Waals surface area contributed by atoms with E-state index in [4.69, 9.17) is 25.3 Å². The topological polar surface area (TPSA) is 0 Å². The molecule has 0 aromatic heterocycles. The van der Waals surface area contributed by atoms with Gasteiger partial charge in [0, 0.05) is 9.79 Å². The van der Waals surface area contributed by atoms with Gasteiger partial charge in [0.15, 0.2) is 0 Å². The van der Waals surface area contributed by atoms with Crippen LogP contribution in [0.3, 0.4) is 0 Å². The summed E-state index contributed by atoms with van der Waals surface area (Å²) in [6.07, 6.45) is 2.16. The lowest BCUT2D eigenvalue weighted by Crippen LogP contribution is -2.32. The zero-order valence-electron chi connectivity index (χ0n) is 21.0. The maximum atomic E-state index is 4.77. The number of benzene rings is 4. The van der Waals surface area contributed by atoms with E-state index in [2.05, 4.69) is 113 Å². The van der Waals surface area contributed by atoms with Gasteiger partial charge >= 0.3 is 0 Å². The molecule has 0 bridgehead atoms. The second-order valence-electron chi connectivity index (χ2n) is 10.0. The molecule has 2 heteroatoms. The van der Waals surface area contributed by atoms with Gasteiger partial charge in [0.05, 0.1) is 5.41 Å². The molecule has 0 aliphatic heterocycles. The minimum absolute atomic E-state index is 0.395. The number of hydrogen-bond donors (Lipinski definition) is 2. The first kappa shape index (κ1) is 24.3. The van der Waals surface area contributed by atoms with Crippen molar-refractivity contribution >= 4 is 25.3 Å². The van der Waals surface area contributed by atoms with Crippen molar-refractivity contribution < 1.29 is 0 Å². The molecule has 0 spiro atoms. The van der Waals surface area contributed by atoms with Crippen LogP contribution < -0.4 is 0 Å². The lowest BCUT2D eigenvalue weighted by Gasteiger charge is -2.39. The Hall–Kier alpha value is -2.42. The van der Waals surface area contributed by atoms with Crippen molar-refractivity contribution in [3.05, 3.63) is 118 Å². The summed E-state index contributed by atoms with van der Waals surface area (Å²) < 4.78 is 0. The molecule has 0 saturated carbocycles. The lowest BCUT2D eigenvalue weighted by molar-refractivity contribution is 0.658. The maximum absolute atomic E-state index is 4.77. The van der Waals surface area contributed by atoms with E-state index >= 15 is 0 Å². The number of fused-ring (bicyclic) bond motifs is 3. The zero-order valence-corrected chi connectivity index (χ0v) is 22.8. The highest BCUT2D eigenvalue weighted by molar-refractivity contribution is 7.80. The first-order valence-corrected chi connectivity index (χ1v) is 13.7. The molecule has 178 valence electrons. The van der Waals surface area contributed by atoms with E-state index in [-0.39, 0.29) is 0 Å². The second kappa shape index (κ2) is 9.56. The van der Waals surface area contributed by atoms with E-state index in [9.17, 15) is 0 Å². The highest BCUT2D eigenvalue weighted by Gasteiger charge is 2.48. The summed E-state index contributed by atoms with van der Waals surface area (Å²) in [4.78, 5) is 2.04. The molecule has 2 unspecified atom stereocenters. The van der Waals surface area contributed by atoms with Crippen molar-refractivity contribution in [2.75, 3.05) is 0 Å². The van der Waals surface area contributed by atoms with Crippen LogP contribution in [-0.4, -0.2) is 0 Å². The molecule has 0 heterocycles. The van der Waals surface area contributed by atoms with Crippen molar-refractivity contribution in [1.29, 1.82) is 0 Å². The maximum Gasteiger partial charge on any atom is 0.0719 e. The predicted molar refractivity (Wildman–Crippen MR) is 156 cm³/mol. The Balaban J connectivity index is 2.01. The standard InChI is InChI=1S/C33H34S2/c1-5-21(3)27-19-23(34)15-17-31(27)33(32-18-16-24(35)20-28(32)22(4)6-2)29-13-9-7-11-25(29)26-12-8-10-14-30(26)33/h7-22,34-35H,5-6H2,1-4H3. The zero-order chi connectivity index (χ0) is 24.7. The predicted octanol–water partition coefficient (Wildman–Crippen LogP) is 9.65. The van der Waals surface area contributed by atoms with Crippen LogP contribution in [0.4, 0.5) is 0 Å². The van der Waals surface area contributed by atoms with E-state index in [1.807, 2.05) is 0 Å². The number of hydrogen-bond acceptors (Lipinski definition) is 2. The van der Waals surface area contributed by atoms with Crippen LogP contribution in [0.1, 0.15) is 85.8 Å². The summed E-state index contributed by atoms with van der Waals surface area (Å²) in [7, 11) is 0. The van der Waals surface area contributed by atoms with Crippen LogP contribution in [-0.2, 0) is 5.41 Å². The monoisotopic (exact) mass is 494 g/mol. The SMILES string of the molecule is CCC(C)c1cc(S)ccc1C1(c2ccc(S)cc2C(C)CC)c2ccccc2-c2ccccc21. The molecular formula is C33H34S2. The molecule has 0 nitrogen and oxygen atoms in total. The van der Waals surface area contributed by atoms with Gasteiger partial charge in [0.2, 0.25) is 0 Å². The van der Waals surface area contributed by atoms with Gasteiger partial charge in [-0.15, -0.1) is 25.3 Å². The first-order valence-electron chi connectivity index (χ1n) is 12.8. The Kier molecular flexibility index (Phi) is 6.63. The average molecular weight is 495 g/mol. The van der Waals surface area contributed by atoms with Gasteiger partial charge < -0.3 is 0 Å². The van der Waals surface area contributed by atoms with Crippen molar-refractivity contribution in [2.24, 2.45) is 0 Å². The van der Waals surface area contributed by atoms with Gasteiger partial charge in [-0.1, -0.05) is 88.4 Å². The van der Waals surface area contributed by atoms with E-state index in [1.165, 1.54) is 44.5 Å². The Labute approximate surface area is 221 Å². The van der Waals surface area contributed by atoms with Gasteiger partial charge in [-0.3, -0.25) is 0 Å². The molecule has 0 amide bonds. The highest BCUT2D eigenvalue weighted by Crippen LogP contribution is 2.58. The van der Waals surface area contributed by atoms with Crippen molar-refractivity contribution in [1.82, 2.24) is 0 Å². The van der Waals surface area contributed by atoms with E-state index in [0.717, 1.165) is 22.6 Å². The third-order valence-electron chi connectivity index (χ3n) is 8.12. The van der Waals surface area contributed by atoms with E-state index < -0.39 is 5.41 Å². The third-order valence-corrected chi connectivity index (χ3v) is 8.67. The fourth-order valence-corrected chi connectivity index (χ4v) is 6.43. The molecule has 0 saturated heterocycles. The van der Waals surface area contributed by atoms with Crippen LogP contribution in [0, 0.1) is 0 Å². The minimum atomic E-state index is -0.395. The van der Waals surface area contributed by atoms with Crippen LogP contribution in [0.25, 0.3) is 11.1 Å². The molecule has 0 radical (unpaired) electrons. The Bertz CT molecular complexity index is 1280. The van der Waals surface area contributed by atoms with Crippen molar-refractivity contribution in [3.63, 3.8) is 0 Å². The summed E-state index contributed by atoms with van der Waals surface area (Å²) in [6.45, 7) is 9.25. The van der Waals surface area contributed by atoms with Crippen molar-refractivity contribution in [2.45, 2.75) is 67.6 Å². The van der Waals surface area contributed by atoms with Gasteiger partial charge in [-0.2, -0.15) is 0 Å². The van der Waals surface area contributed by atoms with Gasteiger partial charge in [-0.05, 0) is 93.5 Å². The molecule has 0 N–H and O–H groups in total. The first-order chi connectivity index (χ1) is 16.9. The number of thiol groups is 2. The molecule has 0 fully saturated rings. The summed E-state index contributed by atoms with van der Waals surface area (Å²) in [5, 5.41) is 0. The smallest absolute Gasteiger partial charge is 0.0719 e. The fraction of sp³-hybridized carbons (Fsp3) is 0.273. The summed E-state index contributed by atoms with van der Waals surface area (Å²) in [5.74, 6) is 0.843. The largest absolute Gasteiger partial charge is 0.143 e. The molecule has 35 heavy (non-hydrogen) atoms. The summed E-state index contributed by atoms with van der Waals surface area (Å²) in [6, 6.07) is 31.7. The lowest BCUT2D eigenvalue weighted by atomic mass is 9.63. The summed E-state index contributed by atoms with van der Waals surface area (Å²) in [5.41, 5.74) is 10.5. The molecule has 2 atom stereocenters.